The van der Waals surface area contributed by atoms with Gasteiger partial charge >= 0.3 is 25.7 Å². The number of rotatable bonds is 49. The van der Waals surface area contributed by atoms with Gasteiger partial charge in [0.25, 0.3) is 0 Å². The largest absolute Gasteiger partial charge is 0.480 e. The van der Waals surface area contributed by atoms with E-state index in [1.807, 2.05) is 0 Å². The highest BCUT2D eigenvalue weighted by Gasteiger charge is 2.28. The monoisotopic (exact) mass is 902 g/mol. The van der Waals surface area contributed by atoms with Crippen LogP contribution in [-0.2, 0) is 37.5 Å². The molecule has 0 radical (unpaired) electrons. The number of nitrogens with two attached hydrogens (primary N) is 1. The van der Waals surface area contributed by atoms with Crippen molar-refractivity contribution in [1.29, 1.82) is 0 Å². The quantitative estimate of drug-likeness (QED) is 0.0230. The molecule has 0 aromatic carbocycles. The summed E-state index contributed by atoms with van der Waals surface area (Å²) in [6.45, 7) is 2.83. The summed E-state index contributed by atoms with van der Waals surface area (Å²) < 4.78 is 32.8. The summed E-state index contributed by atoms with van der Waals surface area (Å²) in [6.07, 6.45) is 48.6. The van der Waals surface area contributed by atoms with E-state index in [0.717, 1.165) is 38.5 Å². The van der Waals surface area contributed by atoms with Gasteiger partial charge in [0.2, 0.25) is 0 Å². The van der Waals surface area contributed by atoms with Crippen LogP contribution >= 0.6 is 7.82 Å². The van der Waals surface area contributed by atoms with Gasteiger partial charge in [-0.1, -0.05) is 219 Å². The highest BCUT2D eigenvalue weighted by Crippen LogP contribution is 2.43. The Labute approximate surface area is 379 Å². The Morgan fingerprint density at radius 3 is 1.21 bits per heavy atom. The van der Waals surface area contributed by atoms with Crippen LogP contribution < -0.4 is 5.73 Å². The van der Waals surface area contributed by atoms with E-state index in [1.165, 1.54) is 180 Å². The number of esters is 2. The predicted octanol–water partition coefficient (Wildman–Crippen LogP) is 14.4. The van der Waals surface area contributed by atoms with Gasteiger partial charge in [0.05, 0.1) is 13.2 Å². The maximum absolute atomic E-state index is 12.7. The number of carboxylic acid groups (broad SMARTS) is 1. The fourth-order valence-corrected chi connectivity index (χ4v) is 8.25. The van der Waals surface area contributed by atoms with Gasteiger partial charge in [0.1, 0.15) is 12.6 Å². The van der Waals surface area contributed by atoms with Crippen LogP contribution in [0.5, 0.6) is 0 Å². The zero-order valence-corrected chi connectivity index (χ0v) is 40.9. The third-order valence-electron chi connectivity index (χ3n) is 11.5. The van der Waals surface area contributed by atoms with Gasteiger partial charge in [-0.25, -0.2) is 4.57 Å². The number of carbonyl (C=O) groups is 3. The molecule has 4 N–H and O–H groups in total. The van der Waals surface area contributed by atoms with Crippen LogP contribution in [0.25, 0.3) is 0 Å². The number of carboxylic acids is 1. The maximum Gasteiger partial charge on any atom is 0.472 e. The number of allylic oxidation sites excluding steroid dienone is 2. The SMILES string of the molecule is CCCCCCCCCCC/C=C/CCCCC(=O)OC[C@@H](COP(=O)(O)OC[C@H](N)C(=O)O)OC(=O)CCCCCCCCCCCCCCCCCCCCCCCCC. The zero-order valence-electron chi connectivity index (χ0n) is 40.0. The Balaban J connectivity index is 4.19. The molecule has 3 atom stereocenters. The Hall–Kier alpha value is -1.78. The molecule has 0 aliphatic carbocycles. The number of phosphoric ester groups is 1. The summed E-state index contributed by atoms with van der Waals surface area (Å²) in [5.41, 5.74) is 5.35. The molecule has 0 fully saturated rings. The van der Waals surface area contributed by atoms with E-state index in [9.17, 15) is 23.8 Å². The van der Waals surface area contributed by atoms with Gasteiger partial charge in [-0.2, -0.15) is 0 Å². The summed E-state index contributed by atoms with van der Waals surface area (Å²) in [6, 6.07) is -1.52. The number of phosphoric acid groups is 1. The van der Waals surface area contributed by atoms with E-state index >= 15 is 0 Å². The van der Waals surface area contributed by atoms with E-state index < -0.39 is 51.1 Å². The molecule has 0 amide bonds. The molecule has 0 aromatic heterocycles. The minimum absolute atomic E-state index is 0.164. The van der Waals surface area contributed by atoms with Gasteiger partial charge in [0.15, 0.2) is 6.10 Å². The van der Waals surface area contributed by atoms with Crippen molar-refractivity contribution >= 4 is 25.7 Å². The van der Waals surface area contributed by atoms with Gasteiger partial charge in [-0.3, -0.25) is 23.4 Å². The molecular weight excluding hydrogens is 806 g/mol. The lowest BCUT2D eigenvalue weighted by atomic mass is 10.0. The Bertz CT molecular complexity index is 1110. The zero-order chi connectivity index (χ0) is 45.6. The van der Waals surface area contributed by atoms with Gasteiger partial charge in [-0.05, 0) is 38.5 Å². The minimum atomic E-state index is -4.72. The van der Waals surface area contributed by atoms with Crippen molar-refractivity contribution in [2.75, 3.05) is 19.8 Å². The molecule has 0 aromatic rings. The van der Waals surface area contributed by atoms with Crippen molar-refractivity contribution in [3.63, 3.8) is 0 Å². The first-order valence-electron chi connectivity index (χ1n) is 25.7. The van der Waals surface area contributed by atoms with Crippen LogP contribution in [0.4, 0.5) is 0 Å². The first-order chi connectivity index (χ1) is 30.1. The van der Waals surface area contributed by atoms with E-state index in [2.05, 4.69) is 30.5 Å². The molecule has 11 nitrogen and oxygen atoms in total. The Kier molecular flexibility index (Phi) is 44.5. The van der Waals surface area contributed by atoms with Crippen molar-refractivity contribution in [3.05, 3.63) is 12.2 Å². The van der Waals surface area contributed by atoms with Crippen molar-refractivity contribution in [2.45, 2.75) is 270 Å². The maximum atomic E-state index is 12.7. The summed E-state index contributed by atoms with van der Waals surface area (Å²) in [5, 5.41) is 8.91. The van der Waals surface area contributed by atoms with Crippen LogP contribution in [0, 0.1) is 0 Å². The number of hydrogen-bond acceptors (Lipinski definition) is 9. The Morgan fingerprint density at radius 2 is 0.806 bits per heavy atom. The van der Waals surface area contributed by atoms with Gasteiger partial charge in [0, 0.05) is 12.8 Å². The second-order valence-electron chi connectivity index (χ2n) is 17.7. The topological polar surface area (TPSA) is 172 Å². The van der Waals surface area contributed by atoms with Crippen molar-refractivity contribution in [3.8, 4) is 0 Å². The van der Waals surface area contributed by atoms with E-state index in [1.54, 1.807) is 0 Å². The average molecular weight is 902 g/mol. The molecular formula is C50H96NO10P. The molecule has 0 spiro atoms. The van der Waals surface area contributed by atoms with Crippen molar-refractivity contribution < 1.29 is 47.5 Å². The van der Waals surface area contributed by atoms with E-state index in [0.29, 0.717) is 12.8 Å². The first-order valence-corrected chi connectivity index (χ1v) is 27.2. The molecule has 0 heterocycles. The number of aliphatic carboxylic acids is 1. The molecule has 366 valence electrons. The summed E-state index contributed by atoms with van der Waals surface area (Å²) >= 11 is 0. The second kappa shape index (κ2) is 45.8. The Morgan fingerprint density at radius 1 is 0.484 bits per heavy atom. The summed E-state index contributed by atoms with van der Waals surface area (Å²) in [7, 11) is -4.72. The van der Waals surface area contributed by atoms with E-state index in [-0.39, 0.29) is 19.4 Å². The van der Waals surface area contributed by atoms with Gasteiger partial charge in [-0.15, -0.1) is 0 Å². The second-order valence-corrected chi connectivity index (χ2v) is 19.1. The minimum Gasteiger partial charge on any atom is -0.480 e. The smallest absolute Gasteiger partial charge is 0.472 e. The number of unbranched alkanes of at least 4 members (excludes halogenated alkanes) is 33. The fraction of sp³-hybridized carbons (Fsp3) is 0.900. The lowest BCUT2D eigenvalue weighted by molar-refractivity contribution is -0.161. The normalized spacial score (nSPS) is 13.6. The van der Waals surface area contributed by atoms with Crippen LogP contribution in [0.15, 0.2) is 12.2 Å². The molecule has 0 saturated heterocycles. The highest BCUT2D eigenvalue weighted by atomic mass is 31.2. The standard InChI is InChI=1S/C50H96NO10P/c1-3-5-7-9-11-13-15-17-19-20-21-22-23-24-25-26-28-30-32-34-36-38-40-42-49(53)61-46(44-59-62(56,57)60-45-47(51)50(54)55)43-58-48(52)41-39-37-35-33-31-29-27-18-16-14-12-10-8-6-4-2/h31,33,46-47H,3-30,32,34-45,51H2,1-2H3,(H,54,55)(H,56,57)/b33-31+/t46-,47-/m0/s1. The molecule has 0 aliphatic heterocycles. The summed E-state index contributed by atoms with van der Waals surface area (Å²) in [5.74, 6) is -2.39. The predicted molar refractivity (Wildman–Crippen MR) is 254 cm³/mol. The molecule has 0 bridgehead atoms. The van der Waals surface area contributed by atoms with E-state index in [4.69, 9.17) is 24.8 Å². The van der Waals surface area contributed by atoms with Crippen LogP contribution in [0.1, 0.15) is 258 Å². The van der Waals surface area contributed by atoms with Crippen LogP contribution in [0.3, 0.4) is 0 Å². The van der Waals surface area contributed by atoms with Crippen LogP contribution in [-0.4, -0.2) is 59.9 Å². The average Bonchev–Trinajstić information content (AvgIpc) is 3.25. The third-order valence-corrected chi connectivity index (χ3v) is 12.5. The number of carbonyl (C=O) groups excluding carboxylic acids is 2. The fourth-order valence-electron chi connectivity index (χ4n) is 7.47. The van der Waals surface area contributed by atoms with Crippen LogP contribution in [0.2, 0.25) is 0 Å². The molecule has 1 unspecified atom stereocenters. The molecule has 62 heavy (non-hydrogen) atoms. The highest BCUT2D eigenvalue weighted by molar-refractivity contribution is 7.47. The first kappa shape index (κ1) is 60.2. The molecule has 12 heteroatoms. The third kappa shape index (κ3) is 44.8. The van der Waals surface area contributed by atoms with Crippen molar-refractivity contribution in [1.82, 2.24) is 0 Å². The van der Waals surface area contributed by atoms with Crippen molar-refractivity contribution in [2.24, 2.45) is 5.73 Å². The van der Waals surface area contributed by atoms with Gasteiger partial charge < -0.3 is 25.2 Å². The molecule has 0 saturated carbocycles. The number of hydrogen-bond donors (Lipinski definition) is 3. The lowest BCUT2D eigenvalue weighted by Crippen LogP contribution is -2.34. The summed E-state index contributed by atoms with van der Waals surface area (Å²) in [4.78, 5) is 46.1. The molecule has 0 aliphatic rings. The number of ether oxygens (including phenoxy) is 2. The lowest BCUT2D eigenvalue weighted by Gasteiger charge is -2.20. The molecule has 0 rings (SSSR count).